The molecule has 0 aromatic rings. The van der Waals surface area contributed by atoms with Crippen LogP contribution >= 0.6 is 11.8 Å². The van der Waals surface area contributed by atoms with Gasteiger partial charge < -0.3 is 9.47 Å². The molecule has 3 unspecified atom stereocenters. The Hall–Kier alpha value is -0.970. The number of carbonyl (C=O) groups is 2. The maximum Gasteiger partial charge on any atom is 0.329 e. The van der Waals surface area contributed by atoms with Gasteiger partial charge in [-0.25, -0.2) is 0 Å². The molecule has 1 saturated heterocycles. The second-order valence-corrected chi connectivity index (χ2v) is 7.29. The van der Waals surface area contributed by atoms with Crippen molar-refractivity contribution in [2.24, 2.45) is 5.41 Å². The van der Waals surface area contributed by atoms with Crippen molar-refractivity contribution >= 4 is 23.7 Å². The summed E-state index contributed by atoms with van der Waals surface area (Å²) in [4.78, 5) is 24.5. The Labute approximate surface area is 123 Å². The van der Waals surface area contributed by atoms with Gasteiger partial charge in [-0.3, -0.25) is 9.59 Å². The fraction of sp³-hybridized carbons (Fsp3) is 0.733. The van der Waals surface area contributed by atoms with Gasteiger partial charge in [0.1, 0.15) is 6.10 Å². The predicted octanol–water partition coefficient (Wildman–Crippen LogP) is 2.47. The van der Waals surface area contributed by atoms with Crippen molar-refractivity contribution < 1.29 is 19.1 Å². The Morgan fingerprint density at radius 1 is 1.40 bits per heavy atom. The van der Waals surface area contributed by atoms with E-state index in [0.29, 0.717) is 5.25 Å². The summed E-state index contributed by atoms with van der Waals surface area (Å²) in [5.41, 5.74) is -1.22. The summed E-state index contributed by atoms with van der Waals surface area (Å²) < 4.78 is 10.2. The van der Waals surface area contributed by atoms with Crippen molar-refractivity contribution in [3.05, 3.63) is 12.2 Å². The second-order valence-electron chi connectivity index (χ2n) is 5.78. The van der Waals surface area contributed by atoms with Gasteiger partial charge in [0.2, 0.25) is 0 Å². The first-order valence-electron chi connectivity index (χ1n) is 7.31. The molecule has 5 heteroatoms. The molecule has 2 aliphatic carbocycles. The van der Waals surface area contributed by atoms with Gasteiger partial charge in [-0.1, -0.05) is 25.3 Å². The molecule has 4 nitrogen and oxygen atoms in total. The molecular formula is C15H20O4S. The number of hydrogen-bond donors (Lipinski definition) is 0. The van der Waals surface area contributed by atoms with Gasteiger partial charge in [-0.05, 0) is 18.9 Å². The molecule has 2 bridgehead atoms. The van der Waals surface area contributed by atoms with Crippen LogP contribution in [0, 0.1) is 5.41 Å². The van der Waals surface area contributed by atoms with Gasteiger partial charge in [-0.15, -0.1) is 0 Å². The smallest absolute Gasteiger partial charge is 0.329 e. The third-order valence-electron chi connectivity index (χ3n) is 4.56. The maximum absolute atomic E-state index is 12.2. The molecule has 4 rings (SSSR count). The highest BCUT2D eigenvalue weighted by Crippen LogP contribution is 2.49. The van der Waals surface area contributed by atoms with Crippen LogP contribution in [0.1, 0.15) is 38.5 Å². The zero-order valence-corrected chi connectivity index (χ0v) is 12.5. The van der Waals surface area contributed by atoms with Crippen LogP contribution in [-0.4, -0.2) is 35.7 Å². The molecule has 0 spiro atoms. The first-order valence-corrected chi connectivity index (χ1v) is 8.25. The summed E-state index contributed by atoms with van der Waals surface area (Å²) in [6.45, 7) is 0. The van der Waals surface area contributed by atoms with E-state index in [9.17, 15) is 9.59 Å². The van der Waals surface area contributed by atoms with E-state index in [1.165, 1.54) is 39.2 Å². The van der Waals surface area contributed by atoms with Crippen LogP contribution in [0.5, 0.6) is 0 Å². The summed E-state index contributed by atoms with van der Waals surface area (Å²) in [5, 5.41) is 0.505. The molecule has 0 amide bonds. The van der Waals surface area contributed by atoms with Gasteiger partial charge in [0.05, 0.1) is 7.11 Å². The SMILES string of the molecule is COC(=O)C12C=CC(CC1SC1CCCCC1)OC2=O. The van der Waals surface area contributed by atoms with Crippen molar-refractivity contribution in [3.8, 4) is 0 Å². The van der Waals surface area contributed by atoms with E-state index >= 15 is 0 Å². The zero-order chi connectivity index (χ0) is 14.2. The quantitative estimate of drug-likeness (QED) is 0.455. The number of rotatable bonds is 3. The van der Waals surface area contributed by atoms with Crippen LogP contribution in [0.3, 0.4) is 0 Å². The van der Waals surface area contributed by atoms with Crippen LogP contribution in [0.4, 0.5) is 0 Å². The minimum absolute atomic E-state index is 0.0469. The summed E-state index contributed by atoms with van der Waals surface area (Å²) >= 11 is 1.80. The Morgan fingerprint density at radius 3 is 2.80 bits per heavy atom. The molecule has 0 radical (unpaired) electrons. The Kier molecular flexibility index (Phi) is 3.80. The minimum Gasteiger partial charge on any atom is -0.468 e. The van der Waals surface area contributed by atoms with Crippen molar-refractivity contribution in [3.63, 3.8) is 0 Å². The summed E-state index contributed by atoms with van der Waals surface area (Å²) in [6.07, 6.45) is 10.3. The standard InChI is InChI=1S/C15H20O4S/c1-18-13(16)15-8-7-10(19-14(15)17)9-12(15)20-11-5-3-2-4-6-11/h7-8,10-12H,2-6,9H2,1H3. The monoisotopic (exact) mass is 296 g/mol. The predicted molar refractivity (Wildman–Crippen MR) is 76.3 cm³/mol. The van der Waals surface area contributed by atoms with E-state index in [2.05, 4.69) is 0 Å². The number of ether oxygens (including phenoxy) is 2. The molecule has 2 aliphatic heterocycles. The van der Waals surface area contributed by atoms with E-state index < -0.39 is 17.4 Å². The van der Waals surface area contributed by atoms with Crippen molar-refractivity contribution in [1.29, 1.82) is 0 Å². The fourth-order valence-electron chi connectivity index (χ4n) is 3.41. The summed E-state index contributed by atoms with van der Waals surface area (Å²) in [7, 11) is 1.33. The van der Waals surface area contributed by atoms with Crippen LogP contribution in [0.15, 0.2) is 12.2 Å². The Morgan fingerprint density at radius 2 is 2.15 bits per heavy atom. The van der Waals surface area contributed by atoms with Crippen molar-refractivity contribution in [1.82, 2.24) is 0 Å². The highest BCUT2D eigenvalue weighted by molar-refractivity contribution is 8.00. The maximum atomic E-state index is 12.2. The van der Waals surface area contributed by atoms with Gasteiger partial charge in [0.15, 0.2) is 5.41 Å². The molecule has 1 saturated carbocycles. The molecule has 0 N–H and O–H groups in total. The lowest BCUT2D eigenvalue weighted by atomic mass is 9.75. The highest BCUT2D eigenvalue weighted by atomic mass is 32.2. The minimum atomic E-state index is -1.22. The van der Waals surface area contributed by atoms with Gasteiger partial charge >= 0.3 is 11.9 Å². The van der Waals surface area contributed by atoms with E-state index in [0.717, 1.165) is 6.42 Å². The molecule has 0 aromatic carbocycles. The van der Waals surface area contributed by atoms with Gasteiger partial charge in [-0.2, -0.15) is 11.8 Å². The lowest BCUT2D eigenvalue weighted by Gasteiger charge is -2.44. The molecule has 20 heavy (non-hydrogen) atoms. The number of methoxy groups -OCH3 is 1. The topological polar surface area (TPSA) is 52.6 Å². The lowest BCUT2D eigenvalue weighted by molar-refractivity contribution is -0.176. The normalized spacial score (nSPS) is 36.8. The molecule has 110 valence electrons. The van der Waals surface area contributed by atoms with Crippen LogP contribution in [-0.2, 0) is 19.1 Å². The van der Waals surface area contributed by atoms with Gasteiger partial charge in [0, 0.05) is 16.9 Å². The second kappa shape index (κ2) is 5.43. The average molecular weight is 296 g/mol. The highest BCUT2D eigenvalue weighted by Gasteiger charge is 2.59. The molecule has 4 aliphatic rings. The van der Waals surface area contributed by atoms with E-state index in [4.69, 9.17) is 9.47 Å². The Bertz CT molecular complexity index is 441. The summed E-state index contributed by atoms with van der Waals surface area (Å²) in [5.74, 6) is -0.915. The van der Waals surface area contributed by atoms with Gasteiger partial charge in [0.25, 0.3) is 0 Å². The Balaban J connectivity index is 1.83. The first-order chi connectivity index (χ1) is 9.66. The number of hydrogen-bond acceptors (Lipinski definition) is 5. The van der Waals surface area contributed by atoms with E-state index in [1.807, 2.05) is 6.08 Å². The molecule has 0 aromatic heterocycles. The van der Waals surface area contributed by atoms with E-state index in [1.54, 1.807) is 17.8 Å². The summed E-state index contributed by atoms with van der Waals surface area (Å²) in [6, 6.07) is 0. The molecular weight excluding hydrogens is 276 g/mol. The molecule has 2 heterocycles. The third kappa shape index (κ3) is 2.16. The molecule has 3 atom stereocenters. The number of thioether (sulfide) groups is 1. The van der Waals surface area contributed by atoms with Crippen molar-refractivity contribution in [2.75, 3.05) is 7.11 Å². The van der Waals surface area contributed by atoms with E-state index in [-0.39, 0.29) is 11.4 Å². The fourth-order valence-corrected chi connectivity index (χ4v) is 5.27. The van der Waals surface area contributed by atoms with Crippen LogP contribution < -0.4 is 0 Å². The number of fused-ring (bicyclic) bond motifs is 2. The largest absolute Gasteiger partial charge is 0.468 e. The van der Waals surface area contributed by atoms with Crippen LogP contribution in [0.25, 0.3) is 0 Å². The first kappa shape index (κ1) is 14.0. The number of carbonyl (C=O) groups excluding carboxylic acids is 2. The lowest BCUT2D eigenvalue weighted by Crippen LogP contribution is -2.56. The number of esters is 2. The van der Waals surface area contributed by atoms with Crippen LogP contribution in [0.2, 0.25) is 0 Å². The molecule has 2 fully saturated rings. The van der Waals surface area contributed by atoms with Crippen molar-refractivity contribution in [2.45, 2.75) is 55.1 Å². The zero-order valence-electron chi connectivity index (χ0n) is 11.7. The third-order valence-corrected chi connectivity index (χ3v) is 6.31. The average Bonchev–Trinajstić information content (AvgIpc) is 2.48.